The van der Waals surface area contributed by atoms with Gasteiger partial charge in [0.15, 0.2) is 12.2 Å². The molecule has 3 aliphatic carbocycles. The number of ether oxygens (including phenoxy) is 3. The van der Waals surface area contributed by atoms with Gasteiger partial charge in [-0.2, -0.15) is 0 Å². The van der Waals surface area contributed by atoms with Crippen LogP contribution in [0.5, 0.6) is 0 Å². The van der Waals surface area contributed by atoms with Crippen LogP contribution in [-0.2, 0) is 33.4 Å². The second kappa shape index (κ2) is 17.7. The van der Waals surface area contributed by atoms with Gasteiger partial charge >= 0.3 is 0 Å². The lowest BCUT2D eigenvalue weighted by Crippen LogP contribution is -2.69. The Hall–Kier alpha value is -2.95. The second-order valence-electron chi connectivity index (χ2n) is 16.9. The first kappa shape index (κ1) is 43.6. The van der Waals surface area contributed by atoms with Crippen LogP contribution in [-0.4, -0.2) is 167 Å². The monoisotopic (exact) mass is 808 g/mol. The fourth-order valence-corrected chi connectivity index (χ4v) is 10.8. The van der Waals surface area contributed by atoms with E-state index in [0.29, 0.717) is 25.8 Å². The molecule has 0 aromatic rings. The second-order valence-corrected chi connectivity index (χ2v) is 16.9. The lowest BCUT2D eigenvalue weighted by atomic mass is 9.51. The number of ketones is 2. The summed E-state index contributed by atoms with van der Waals surface area (Å²) in [6.07, 6.45) is -7.63. The number of guanidine groups is 1. The summed E-state index contributed by atoms with van der Waals surface area (Å²) in [4.78, 5) is 59.2. The standard InChI is InChI=1S/C38H60N6O13/c1-16-8-19-29(32(50)20(16)12-43-37(40)41-2)33(51)30-23(10-22(55-3)21(14-45)28(30)31(19)49)56-36-34(52)35(53)38(54,24(15-46)57-36)11-18(17-6-7-42-25(39)9-17)13-44-26(47)4-5-27(44)48/h4-5,16-25,28-30,32,34-36,42,45-46,50,52-54H,6-15,39H2,1-3H3,(H3,40,41,43)/t16?,17?,18-,19?,20?,21?,22?,23?,24-,25?,28?,29?,30?,32?,34-,35-,36+,38-/m1/s1. The number of rotatable bonds is 12. The number of nitrogens with two attached hydrogens (primary N) is 2. The molecule has 19 heteroatoms. The Morgan fingerprint density at radius 3 is 2.33 bits per heavy atom. The van der Waals surface area contributed by atoms with Gasteiger partial charge in [-0.3, -0.25) is 29.1 Å². The highest BCUT2D eigenvalue weighted by molar-refractivity contribution is 6.12. The fourth-order valence-electron chi connectivity index (χ4n) is 10.8. The Bertz CT molecular complexity index is 1550. The molecule has 0 spiro atoms. The van der Waals surface area contributed by atoms with Crippen molar-refractivity contribution in [2.24, 2.45) is 69.7 Å². The van der Waals surface area contributed by atoms with Crippen LogP contribution in [0.4, 0.5) is 0 Å². The van der Waals surface area contributed by atoms with E-state index in [1.807, 2.05) is 6.92 Å². The Morgan fingerprint density at radius 2 is 1.72 bits per heavy atom. The van der Waals surface area contributed by atoms with Crippen LogP contribution in [0.2, 0.25) is 0 Å². The molecule has 0 aromatic carbocycles. The molecule has 12 unspecified atom stereocenters. The summed E-state index contributed by atoms with van der Waals surface area (Å²) in [5.74, 6) is -8.21. The number of nitrogens with one attached hydrogen (secondary N) is 2. The lowest BCUT2D eigenvalue weighted by Gasteiger charge is -2.55. The molecule has 0 aromatic heterocycles. The SMILES string of the molecule is CN=C(N)NCC1C(C)CC2C(=O)C3C(CO)C(OC)CC(O[C@H]4O[C@H](CO)[C@](O)(C[C@H](CN5C(=O)C=CC5=O)C5CCNC(N)C5)[C@H](O)[C@H]4O)C3C(=O)C2C1O. The Balaban J connectivity index is 1.26. The van der Waals surface area contributed by atoms with Crippen LogP contribution in [0.15, 0.2) is 17.1 Å². The molecule has 19 nitrogen and oxygen atoms in total. The van der Waals surface area contributed by atoms with E-state index in [-0.39, 0.29) is 49.5 Å². The van der Waals surface area contributed by atoms with Crippen molar-refractivity contribution in [2.75, 3.05) is 47.0 Å². The number of carbonyl (C=O) groups excluding carboxylic acids is 4. The molecule has 12 N–H and O–H groups in total. The Kier molecular flexibility index (Phi) is 13.6. The van der Waals surface area contributed by atoms with Gasteiger partial charge in [0, 0.05) is 76.1 Å². The number of methoxy groups -OCH3 is 1. The molecule has 0 radical (unpaired) electrons. The maximum Gasteiger partial charge on any atom is 0.253 e. The molecule has 3 aliphatic heterocycles. The molecule has 6 aliphatic rings. The smallest absolute Gasteiger partial charge is 0.253 e. The van der Waals surface area contributed by atoms with E-state index in [9.17, 15) is 49.8 Å². The number of hydrogen-bond acceptors (Lipinski definition) is 16. The molecule has 57 heavy (non-hydrogen) atoms. The number of nitrogens with zero attached hydrogens (tertiary/aromatic N) is 2. The van der Waals surface area contributed by atoms with Crippen molar-refractivity contribution in [3.05, 3.63) is 12.2 Å². The van der Waals surface area contributed by atoms with Crippen molar-refractivity contribution in [2.45, 2.75) is 93.7 Å². The summed E-state index contributed by atoms with van der Waals surface area (Å²) >= 11 is 0. The summed E-state index contributed by atoms with van der Waals surface area (Å²) in [5, 5.41) is 74.5. The third-order valence-corrected chi connectivity index (χ3v) is 13.9. The Morgan fingerprint density at radius 1 is 1.02 bits per heavy atom. The number of hydrogen-bond donors (Lipinski definition) is 10. The zero-order valence-electron chi connectivity index (χ0n) is 32.6. The minimum atomic E-state index is -2.32. The minimum absolute atomic E-state index is 0.0407. The maximum atomic E-state index is 14.7. The summed E-state index contributed by atoms with van der Waals surface area (Å²) < 4.78 is 18.1. The molecule has 320 valence electrons. The minimum Gasteiger partial charge on any atom is -0.396 e. The molecule has 2 amide bonds. The van der Waals surface area contributed by atoms with Crippen molar-refractivity contribution in [3.63, 3.8) is 0 Å². The summed E-state index contributed by atoms with van der Waals surface area (Å²) in [6.45, 7) is 1.16. The quantitative estimate of drug-likeness (QED) is 0.0510. The first-order chi connectivity index (χ1) is 27.1. The van der Waals surface area contributed by atoms with Crippen molar-refractivity contribution >= 4 is 29.3 Å². The number of amides is 2. The zero-order chi connectivity index (χ0) is 41.5. The summed E-state index contributed by atoms with van der Waals surface area (Å²) in [5.41, 5.74) is 9.72. The fraction of sp³-hybridized carbons (Fsp3) is 0.816. The first-order valence-corrected chi connectivity index (χ1v) is 20.0. The number of aliphatic hydroxyl groups excluding tert-OH is 5. The predicted molar refractivity (Wildman–Crippen MR) is 199 cm³/mol. The average molecular weight is 809 g/mol. The molecule has 5 fully saturated rings. The predicted octanol–water partition coefficient (Wildman–Crippen LogP) is -4.05. The number of carbonyl (C=O) groups is 4. The third kappa shape index (κ3) is 8.17. The van der Waals surface area contributed by atoms with Crippen molar-refractivity contribution in [1.29, 1.82) is 0 Å². The zero-order valence-corrected chi connectivity index (χ0v) is 32.6. The molecule has 3 heterocycles. The topological polar surface area (TPSA) is 309 Å². The van der Waals surface area contributed by atoms with Gasteiger partial charge in [-0.05, 0) is 50.0 Å². The van der Waals surface area contributed by atoms with Crippen molar-refractivity contribution < 1.29 is 64.0 Å². The molecule has 3 saturated carbocycles. The van der Waals surface area contributed by atoms with Crippen LogP contribution in [0, 0.1) is 53.3 Å². The number of fused-ring (bicyclic) bond motifs is 2. The molecule has 6 rings (SSSR count). The molecule has 18 atom stereocenters. The third-order valence-electron chi connectivity index (χ3n) is 13.9. The van der Waals surface area contributed by atoms with Gasteiger partial charge in [-0.25, -0.2) is 0 Å². The highest BCUT2D eigenvalue weighted by atomic mass is 16.7. The molecular formula is C38H60N6O13. The first-order valence-electron chi connectivity index (χ1n) is 20.0. The van der Waals surface area contributed by atoms with Gasteiger partial charge in [0.25, 0.3) is 11.8 Å². The van der Waals surface area contributed by atoms with Crippen LogP contribution in [0.3, 0.4) is 0 Å². The molecule has 2 saturated heterocycles. The maximum absolute atomic E-state index is 14.7. The number of aliphatic hydroxyl groups is 6. The lowest BCUT2D eigenvalue weighted by molar-refractivity contribution is -0.349. The number of piperidine rings is 1. The van der Waals surface area contributed by atoms with E-state index in [1.165, 1.54) is 14.2 Å². The van der Waals surface area contributed by atoms with Crippen LogP contribution >= 0.6 is 0 Å². The average Bonchev–Trinajstić information content (AvgIpc) is 3.51. The van der Waals surface area contributed by atoms with E-state index < -0.39 is 127 Å². The number of Topliss-reactive ketones (excluding diaryl/α,β-unsaturated/α-hetero) is 2. The number of imide groups is 1. The molecule has 0 bridgehead atoms. The van der Waals surface area contributed by atoms with E-state index in [0.717, 1.165) is 17.1 Å². The van der Waals surface area contributed by atoms with Crippen molar-refractivity contribution in [3.8, 4) is 0 Å². The normalized spacial score (nSPS) is 44.5. The van der Waals surface area contributed by atoms with Crippen LogP contribution < -0.4 is 22.1 Å². The van der Waals surface area contributed by atoms with Gasteiger partial charge in [-0.15, -0.1) is 0 Å². The Labute approximate surface area is 331 Å². The van der Waals surface area contributed by atoms with E-state index in [2.05, 4.69) is 15.6 Å². The summed E-state index contributed by atoms with van der Waals surface area (Å²) in [6, 6.07) is 0. The van der Waals surface area contributed by atoms with Gasteiger partial charge in [-0.1, -0.05) is 6.92 Å². The molecular weight excluding hydrogens is 748 g/mol. The van der Waals surface area contributed by atoms with Gasteiger partial charge in [0.1, 0.15) is 35.5 Å². The van der Waals surface area contributed by atoms with E-state index >= 15 is 0 Å². The highest BCUT2D eigenvalue weighted by Crippen LogP contribution is 2.52. The summed E-state index contributed by atoms with van der Waals surface area (Å²) in [7, 11) is 2.91. The van der Waals surface area contributed by atoms with Gasteiger partial charge in [0.2, 0.25) is 0 Å². The van der Waals surface area contributed by atoms with E-state index in [4.69, 9.17) is 25.7 Å². The largest absolute Gasteiger partial charge is 0.396 e. The van der Waals surface area contributed by atoms with Crippen LogP contribution in [0.1, 0.15) is 39.0 Å². The highest BCUT2D eigenvalue weighted by Gasteiger charge is 2.64. The van der Waals surface area contributed by atoms with E-state index in [1.54, 1.807) is 0 Å². The van der Waals surface area contributed by atoms with Crippen LogP contribution in [0.25, 0.3) is 0 Å². The number of aliphatic imine (C=N–C) groups is 1. The van der Waals surface area contributed by atoms with Gasteiger partial charge < -0.3 is 67.0 Å². The van der Waals surface area contributed by atoms with Gasteiger partial charge in [0.05, 0.1) is 42.9 Å². The van der Waals surface area contributed by atoms with Crippen molar-refractivity contribution in [1.82, 2.24) is 15.5 Å².